The molecule has 0 saturated carbocycles. The molecule has 23 heavy (non-hydrogen) atoms. The number of hydrogen-bond donors (Lipinski definition) is 0. The van der Waals surface area contributed by atoms with Crippen LogP contribution < -0.4 is 0 Å². The number of hydrogen-bond acceptors (Lipinski definition) is 4. The van der Waals surface area contributed by atoms with Crippen LogP contribution in [-0.4, -0.2) is 25.2 Å². The summed E-state index contributed by atoms with van der Waals surface area (Å²) >= 11 is 0. The Morgan fingerprint density at radius 1 is 0.913 bits per heavy atom. The zero-order valence-corrected chi connectivity index (χ0v) is 13.2. The second kappa shape index (κ2) is 8.73. The number of esters is 2. The molecule has 0 bridgehead atoms. The molecule has 0 heterocycles. The standard InChI is InChI=1S/C19H20O4/c1-2-3-13-22-18(20)14-23-19(21)17-12-8-7-11-16(17)15-9-5-4-6-10-15/h4-12H,2-3,13-14H2,1H3. The van der Waals surface area contributed by atoms with E-state index in [9.17, 15) is 9.59 Å². The molecular weight excluding hydrogens is 292 g/mol. The van der Waals surface area contributed by atoms with E-state index in [1.165, 1.54) is 0 Å². The van der Waals surface area contributed by atoms with E-state index >= 15 is 0 Å². The van der Waals surface area contributed by atoms with Crippen molar-refractivity contribution < 1.29 is 19.1 Å². The Hall–Kier alpha value is -2.62. The van der Waals surface area contributed by atoms with Gasteiger partial charge in [0.05, 0.1) is 12.2 Å². The maximum atomic E-state index is 12.2. The SMILES string of the molecule is CCCCOC(=O)COC(=O)c1ccccc1-c1ccccc1. The first-order chi connectivity index (χ1) is 11.2. The molecule has 0 radical (unpaired) electrons. The lowest BCUT2D eigenvalue weighted by Gasteiger charge is -2.10. The van der Waals surface area contributed by atoms with Crippen molar-refractivity contribution in [1.29, 1.82) is 0 Å². The van der Waals surface area contributed by atoms with Gasteiger partial charge in [-0.3, -0.25) is 0 Å². The van der Waals surface area contributed by atoms with Crippen molar-refractivity contribution in [2.24, 2.45) is 0 Å². The molecule has 0 amide bonds. The van der Waals surface area contributed by atoms with Crippen LogP contribution in [0.2, 0.25) is 0 Å². The molecule has 0 spiro atoms. The lowest BCUT2D eigenvalue weighted by atomic mass is 10.00. The van der Waals surface area contributed by atoms with E-state index in [4.69, 9.17) is 9.47 Å². The number of unbranched alkanes of at least 4 members (excludes halogenated alkanes) is 1. The molecule has 2 rings (SSSR count). The number of carbonyl (C=O) groups is 2. The van der Waals surface area contributed by atoms with Crippen LogP contribution in [0, 0.1) is 0 Å². The number of rotatable bonds is 7. The van der Waals surface area contributed by atoms with Crippen molar-refractivity contribution in [3.63, 3.8) is 0 Å². The molecule has 2 aromatic carbocycles. The fraction of sp³-hybridized carbons (Fsp3) is 0.263. The highest BCUT2D eigenvalue weighted by Crippen LogP contribution is 2.23. The van der Waals surface area contributed by atoms with E-state index in [-0.39, 0.29) is 6.61 Å². The van der Waals surface area contributed by atoms with E-state index in [1.54, 1.807) is 12.1 Å². The molecule has 0 aliphatic rings. The van der Waals surface area contributed by atoms with Gasteiger partial charge in [-0.05, 0) is 23.6 Å². The Kier molecular flexibility index (Phi) is 6.36. The van der Waals surface area contributed by atoms with E-state index in [0.29, 0.717) is 12.2 Å². The molecular formula is C19H20O4. The minimum atomic E-state index is -0.531. The topological polar surface area (TPSA) is 52.6 Å². The lowest BCUT2D eigenvalue weighted by Crippen LogP contribution is -2.17. The summed E-state index contributed by atoms with van der Waals surface area (Å²) in [5, 5.41) is 0. The van der Waals surface area contributed by atoms with Gasteiger partial charge in [-0.15, -0.1) is 0 Å². The monoisotopic (exact) mass is 312 g/mol. The van der Waals surface area contributed by atoms with Crippen LogP contribution in [0.15, 0.2) is 54.6 Å². The van der Waals surface area contributed by atoms with Crippen molar-refractivity contribution in [1.82, 2.24) is 0 Å². The number of ether oxygens (including phenoxy) is 2. The lowest BCUT2D eigenvalue weighted by molar-refractivity contribution is -0.147. The first-order valence-corrected chi connectivity index (χ1v) is 7.69. The normalized spacial score (nSPS) is 10.1. The van der Waals surface area contributed by atoms with Crippen molar-refractivity contribution in [2.75, 3.05) is 13.2 Å². The molecule has 0 N–H and O–H groups in total. The summed E-state index contributed by atoms with van der Waals surface area (Å²) in [5.41, 5.74) is 2.13. The Labute approximate surface area is 136 Å². The van der Waals surface area contributed by atoms with Gasteiger partial charge in [-0.2, -0.15) is 0 Å². The number of benzene rings is 2. The largest absolute Gasteiger partial charge is 0.463 e. The molecule has 0 unspecified atom stereocenters. The van der Waals surface area contributed by atoms with Crippen LogP contribution >= 0.6 is 0 Å². The van der Waals surface area contributed by atoms with Gasteiger partial charge in [0.1, 0.15) is 0 Å². The second-order valence-corrected chi connectivity index (χ2v) is 5.06. The van der Waals surface area contributed by atoms with Crippen LogP contribution in [0.25, 0.3) is 11.1 Å². The summed E-state index contributed by atoms with van der Waals surface area (Å²) in [4.78, 5) is 23.8. The fourth-order valence-corrected chi connectivity index (χ4v) is 2.10. The minimum absolute atomic E-state index is 0.355. The van der Waals surface area contributed by atoms with Gasteiger partial charge in [0.15, 0.2) is 6.61 Å². The Bertz CT molecular complexity index is 649. The van der Waals surface area contributed by atoms with Crippen molar-refractivity contribution in [3.8, 4) is 11.1 Å². The van der Waals surface area contributed by atoms with E-state index in [1.807, 2.05) is 49.4 Å². The summed E-state index contributed by atoms with van der Waals surface area (Å²) < 4.78 is 10.0. The Morgan fingerprint density at radius 2 is 1.61 bits per heavy atom. The molecule has 0 aliphatic heterocycles. The molecule has 0 atom stereocenters. The van der Waals surface area contributed by atoms with Gasteiger partial charge in [0.25, 0.3) is 0 Å². The minimum Gasteiger partial charge on any atom is -0.463 e. The summed E-state index contributed by atoms with van der Waals surface area (Å²) in [7, 11) is 0. The summed E-state index contributed by atoms with van der Waals surface area (Å²) in [5.74, 6) is -1.05. The predicted molar refractivity (Wildman–Crippen MR) is 88.0 cm³/mol. The van der Waals surface area contributed by atoms with Crippen LogP contribution in [0.1, 0.15) is 30.1 Å². The van der Waals surface area contributed by atoms with Gasteiger partial charge in [-0.25, -0.2) is 9.59 Å². The van der Waals surface area contributed by atoms with Gasteiger partial charge in [0.2, 0.25) is 0 Å². The molecule has 0 saturated heterocycles. The zero-order chi connectivity index (χ0) is 16.5. The maximum Gasteiger partial charge on any atom is 0.344 e. The van der Waals surface area contributed by atoms with Gasteiger partial charge < -0.3 is 9.47 Å². The van der Waals surface area contributed by atoms with Crippen LogP contribution in [-0.2, 0) is 14.3 Å². The zero-order valence-electron chi connectivity index (χ0n) is 13.2. The molecule has 0 aliphatic carbocycles. The predicted octanol–water partition coefficient (Wildman–Crippen LogP) is 3.85. The molecule has 4 nitrogen and oxygen atoms in total. The van der Waals surface area contributed by atoms with Crippen molar-refractivity contribution >= 4 is 11.9 Å². The van der Waals surface area contributed by atoms with Crippen molar-refractivity contribution in [3.05, 3.63) is 60.2 Å². The summed E-state index contributed by atoms with van der Waals surface area (Å²) in [6, 6.07) is 16.7. The highest BCUT2D eigenvalue weighted by molar-refractivity contribution is 5.98. The van der Waals surface area contributed by atoms with Crippen LogP contribution in [0.5, 0.6) is 0 Å². The van der Waals surface area contributed by atoms with Crippen molar-refractivity contribution in [2.45, 2.75) is 19.8 Å². The third-order valence-corrected chi connectivity index (χ3v) is 3.31. The van der Waals surface area contributed by atoms with Crippen LogP contribution in [0.4, 0.5) is 0 Å². The Balaban J connectivity index is 2.02. The van der Waals surface area contributed by atoms with Crippen LogP contribution in [0.3, 0.4) is 0 Å². The Morgan fingerprint density at radius 3 is 2.35 bits per heavy atom. The van der Waals surface area contributed by atoms with E-state index < -0.39 is 11.9 Å². The molecule has 120 valence electrons. The smallest absolute Gasteiger partial charge is 0.344 e. The van der Waals surface area contributed by atoms with Gasteiger partial charge in [-0.1, -0.05) is 61.9 Å². The quantitative estimate of drug-likeness (QED) is 0.575. The first kappa shape index (κ1) is 16.7. The maximum absolute atomic E-state index is 12.2. The highest BCUT2D eigenvalue weighted by atomic mass is 16.6. The molecule has 4 heteroatoms. The fourth-order valence-electron chi connectivity index (χ4n) is 2.10. The second-order valence-electron chi connectivity index (χ2n) is 5.06. The highest BCUT2D eigenvalue weighted by Gasteiger charge is 2.15. The molecule has 0 fully saturated rings. The van der Waals surface area contributed by atoms with E-state index in [2.05, 4.69) is 0 Å². The average Bonchev–Trinajstić information content (AvgIpc) is 2.60. The molecule has 0 aromatic heterocycles. The van der Waals surface area contributed by atoms with Gasteiger partial charge >= 0.3 is 11.9 Å². The summed E-state index contributed by atoms with van der Waals surface area (Å²) in [6.07, 6.45) is 1.74. The first-order valence-electron chi connectivity index (χ1n) is 7.69. The third kappa shape index (κ3) is 4.95. The third-order valence-electron chi connectivity index (χ3n) is 3.31. The van der Waals surface area contributed by atoms with Gasteiger partial charge in [0, 0.05) is 0 Å². The summed E-state index contributed by atoms with van der Waals surface area (Å²) in [6.45, 7) is 1.99. The molecule has 2 aromatic rings. The number of carbonyl (C=O) groups excluding carboxylic acids is 2. The van der Waals surface area contributed by atoms with E-state index in [0.717, 1.165) is 24.0 Å². The average molecular weight is 312 g/mol.